The largest absolute Gasteiger partial charge is 0.357 e. The van der Waals surface area contributed by atoms with Crippen molar-refractivity contribution in [3.63, 3.8) is 0 Å². The Morgan fingerprint density at radius 2 is 1.12 bits per heavy atom. The Morgan fingerprint density at radius 1 is 0.654 bits per heavy atom. The molecule has 0 aliphatic heterocycles. The molecule has 0 amide bonds. The molecule has 2 nitrogen and oxygen atoms in total. The number of rotatable bonds is 2. The predicted molar refractivity (Wildman–Crippen MR) is 110 cm³/mol. The van der Waals surface area contributed by atoms with Gasteiger partial charge in [-0.05, 0) is 124 Å². The second kappa shape index (κ2) is 4.99. The molecule has 8 aliphatic rings. The molecule has 0 aromatic carbocycles. The Hall–Kier alpha value is -0.310. The van der Waals surface area contributed by atoms with E-state index in [1.54, 1.807) is 0 Å². The zero-order chi connectivity index (χ0) is 17.8. The molecule has 2 atom stereocenters. The summed E-state index contributed by atoms with van der Waals surface area (Å²) in [6.45, 7) is 5.11. The van der Waals surface area contributed by atoms with Gasteiger partial charge in [-0.2, -0.15) is 0 Å². The average molecular weight is 373 g/mol. The third kappa shape index (κ3) is 2.51. The van der Waals surface area contributed by atoms with E-state index < -0.39 is 0 Å². The third-order valence-electron chi connectivity index (χ3n) is 9.42. The molecule has 26 heavy (non-hydrogen) atoms. The number of thiocarbonyl (C=S) groups is 1. The van der Waals surface area contributed by atoms with Gasteiger partial charge in [0.2, 0.25) is 0 Å². The van der Waals surface area contributed by atoms with E-state index in [4.69, 9.17) is 12.2 Å². The smallest absolute Gasteiger partial charge is 0.167 e. The van der Waals surface area contributed by atoms with E-state index in [0.29, 0.717) is 16.4 Å². The fourth-order valence-corrected chi connectivity index (χ4v) is 10.8. The quantitative estimate of drug-likeness (QED) is 0.654. The van der Waals surface area contributed by atoms with Crippen molar-refractivity contribution in [1.29, 1.82) is 0 Å². The number of hydrogen-bond donors (Lipinski definition) is 2. The van der Waals surface area contributed by atoms with Crippen LogP contribution in [0.5, 0.6) is 0 Å². The standard InChI is InChI=1S/C23H36N2S/c1-20-6-18-7-21(2,12-20)14-23(11-18,13-20)25-19(26)24-22-8-15-3-16(9-22)5-17(4-15)10-22/h15-18H,3-14H2,1-2H3,(H2,24,25,26). The molecule has 0 spiro atoms. The monoisotopic (exact) mass is 372 g/mol. The van der Waals surface area contributed by atoms with Crippen LogP contribution in [-0.2, 0) is 0 Å². The summed E-state index contributed by atoms with van der Waals surface area (Å²) < 4.78 is 0. The summed E-state index contributed by atoms with van der Waals surface area (Å²) in [6, 6.07) is 0. The Labute approximate surface area is 164 Å². The maximum atomic E-state index is 5.97. The first-order valence-corrected chi connectivity index (χ1v) is 11.8. The van der Waals surface area contributed by atoms with Crippen molar-refractivity contribution >= 4 is 17.3 Å². The van der Waals surface area contributed by atoms with Gasteiger partial charge in [-0.3, -0.25) is 0 Å². The predicted octanol–water partition coefficient (Wildman–Crippen LogP) is 5.17. The fourth-order valence-electron chi connectivity index (χ4n) is 10.4. The van der Waals surface area contributed by atoms with Crippen LogP contribution in [0.15, 0.2) is 0 Å². The van der Waals surface area contributed by atoms with Gasteiger partial charge in [0.1, 0.15) is 0 Å². The first-order valence-electron chi connectivity index (χ1n) is 11.3. The molecule has 0 aromatic rings. The number of hydrogen-bond acceptors (Lipinski definition) is 1. The molecule has 8 saturated carbocycles. The Morgan fingerprint density at radius 3 is 1.62 bits per heavy atom. The lowest BCUT2D eigenvalue weighted by Gasteiger charge is -2.65. The zero-order valence-electron chi connectivity index (χ0n) is 16.7. The first-order chi connectivity index (χ1) is 12.2. The summed E-state index contributed by atoms with van der Waals surface area (Å²) in [5, 5.41) is 8.92. The molecule has 2 N–H and O–H groups in total. The SMILES string of the molecule is CC12CC3CC(C)(C1)CC(NC(=S)NC14CC5CC(CC(C5)C1)C4)(C3)C2. The van der Waals surface area contributed by atoms with Crippen LogP contribution in [0.25, 0.3) is 0 Å². The minimum Gasteiger partial charge on any atom is -0.357 e. The van der Waals surface area contributed by atoms with Gasteiger partial charge in [-0.15, -0.1) is 0 Å². The molecule has 8 fully saturated rings. The minimum absolute atomic E-state index is 0.287. The highest BCUT2D eigenvalue weighted by Gasteiger charge is 2.60. The molecule has 0 radical (unpaired) electrons. The van der Waals surface area contributed by atoms with Crippen LogP contribution in [0.1, 0.15) is 90.9 Å². The van der Waals surface area contributed by atoms with Crippen LogP contribution in [0, 0.1) is 34.5 Å². The summed E-state index contributed by atoms with van der Waals surface area (Å²) in [4.78, 5) is 0. The molecule has 0 heterocycles. The molecule has 0 saturated heterocycles. The molecular formula is C23H36N2S. The van der Waals surface area contributed by atoms with Gasteiger partial charge in [0.15, 0.2) is 5.11 Å². The molecular weight excluding hydrogens is 336 g/mol. The summed E-state index contributed by atoms with van der Waals surface area (Å²) in [5.41, 5.74) is 1.74. The van der Waals surface area contributed by atoms with Crippen LogP contribution >= 0.6 is 12.2 Å². The zero-order valence-corrected chi connectivity index (χ0v) is 17.5. The van der Waals surface area contributed by atoms with E-state index in [-0.39, 0.29) is 5.54 Å². The van der Waals surface area contributed by atoms with Crippen LogP contribution in [0.4, 0.5) is 0 Å². The second-order valence-corrected chi connectivity index (χ2v) is 13.1. The average Bonchev–Trinajstić information content (AvgIpc) is 2.39. The highest BCUT2D eigenvalue weighted by atomic mass is 32.1. The van der Waals surface area contributed by atoms with Gasteiger partial charge < -0.3 is 10.6 Å². The van der Waals surface area contributed by atoms with E-state index in [1.807, 2.05) is 0 Å². The van der Waals surface area contributed by atoms with E-state index in [0.717, 1.165) is 28.8 Å². The molecule has 3 heteroatoms. The van der Waals surface area contributed by atoms with Crippen LogP contribution < -0.4 is 10.6 Å². The van der Waals surface area contributed by atoms with Gasteiger partial charge in [0.05, 0.1) is 0 Å². The van der Waals surface area contributed by atoms with Crippen molar-refractivity contribution in [2.75, 3.05) is 0 Å². The van der Waals surface area contributed by atoms with Crippen molar-refractivity contribution < 1.29 is 0 Å². The van der Waals surface area contributed by atoms with Crippen LogP contribution in [0.2, 0.25) is 0 Å². The van der Waals surface area contributed by atoms with Gasteiger partial charge >= 0.3 is 0 Å². The lowest BCUT2D eigenvalue weighted by atomic mass is 9.43. The Balaban J connectivity index is 1.20. The minimum atomic E-state index is 0.287. The van der Waals surface area contributed by atoms with E-state index in [2.05, 4.69) is 24.5 Å². The lowest BCUT2D eigenvalue weighted by Crippen LogP contribution is -2.68. The van der Waals surface area contributed by atoms with Crippen molar-refractivity contribution in [3.05, 3.63) is 0 Å². The summed E-state index contributed by atoms with van der Waals surface area (Å²) in [5.74, 6) is 3.87. The van der Waals surface area contributed by atoms with Crippen molar-refractivity contribution in [1.82, 2.24) is 10.6 Å². The van der Waals surface area contributed by atoms with Gasteiger partial charge in [-0.25, -0.2) is 0 Å². The van der Waals surface area contributed by atoms with E-state index in [9.17, 15) is 0 Å². The number of nitrogens with one attached hydrogen (secondary N) is 2. The molecule has 8 bridgehead atoms. The normalized spacial score (nSPS) is 58.8. The molecule has 8 aliphatic carbocycles. The second-order valence-electron chi connectivity index (χ2n) is 12.7. The Bertz CT molecular complexity index is 601. The first kappa shape index (κ1) is 16.6. The maximum absolute atomic E-state index is 5.97. The molecule has 0 aromatic heterocycles. The van der Waals surface area contributed by atoms with Crippen molar-refractivity contribution in [2.45, 2.75) is 102 Å². The lowest BCUT2D eigenvalue weighted by molar-refractivity contribution is -0.112. The Kier molecular flexibility index (Phi) is 3.19. The summed E-state index contributed by atoms with van der Waals surface area (Å²) in [7, 11) is 0. The van der Waals surface area contributed by atoms with Crippen molar-refractivity contribution in [2.24, 2.45) is 34.5 Å². The van der Waals surface area contributed by atoms with Crippen LogP contribution in [0.3, 0.4) is 0 Å². The maximum Gasteiger partial charge on any atom is 0.167 e. The molecule has 8 rings (SSSR count). The third-order valence-corrected chi connectivity index (χ3v) is 9.63. The van der Waals surface area contributed by atoms with E-state index in [1.165, 1.54) is 77.0 Å². The van der Waals surface area contributed by atoms with Gasteiger partial charge in [-0.1, -0.05) is 13.8 Å². The molecule has 144 valence electrons. The topological polar surface area (TPSA) is 24.1 Å². The summed E-state index contributed by atoms with van der Waals surface area (Å²) >= 11 is 5.97. The molecule has 2 unspecified atom stereocenters. The van der Waals surface area contributed by atoms with E-state index >= 15 is 0 Å². The highest BCUT2D eigenvalue weighted by molar-refractivity contribution is 7.80. The fraction of sp³-hybridized carbons (Fsp3) is 0.957. The van der Waals surface area contributed by atoms with Crippen molar-refractivity contribution in [3.8, 4) is 0 Å². The van der Waals surface area contributed by atoms with Gasteiger partial charge in [0, 0.05) is 11.1 Å². The van der Waals surface area contributed by atoms with Crippen LogP contribution in [-0.4, -0.2) is 16.2 Å². The van der Waals surface area contributed by atoms with Gasteiger partial charge in [0.25, 0.3) is 0 Å². The highest BCUT2D eigenvalue weighted by Crippen LogP contribution is 2.66. The summed E-state index contributed by atoms with van der Waals surface area (Å²) in [6.07, 6.45) is 17.1.